The van der Waals surface area contributed by atoms with Gasteiger partial charge in [0.15, 0.2) is 6.29 Å². The molecule has 1 aliphatic carbocycles. The van der Waals surface area contributed by atoms with Crippen LogP contribution in [0.25, 0.3) is 0 Å². The van der Waals surface area contributed by atoms with Gasteiger partial charge in [-0.25, -0.2) is 4.79 Å². The zero-order valence-corrected chi connectivity index (χ0v) is 21.7. The van der Waals surface area contributed by atoms with Crippen LogP contribution < -0.4 is 0 Å². The van der Waals surface area contributed by atoms with Crippen LogP contribution in [0.2, 0.25) is 0 Å². The summed E-state index contributed by atoms with van der Waals surface area (Å²) in [6.45, 7) is 5.13. The van der Waals surface area contributed by atoms with Crippen molar-refractivity contribution in [2.45, 2.75) is 76.7 Å². The number of rotatable bonds is 3. The van der Waals surface area contributed by atoms with Gasteiger partial charge in [-0.3, -0.25) is 4.79 Å². The summed E-state index contributed by atoms with van der Waals surface area (Å²) in [4.78, 5) is 26.1. The molecule has 0 bridgehead atoms. The topological polar surface area (TPSA) is 181 Å². The molecular formula is C26H38O12. The molecule has 12 nitrogen and oxygen atoms in total. The molecule has 0 amide bonds. The lowest BCUT2D eigenvalue weighted by atomic mass is 9.82. The molecule has 3 aliphatic heterocycles. The lowest BCUT2D eigenvalue weighted by Gasteiger charge is -2.42. The minimum absolute atomic E-state index is 0.0672. The Bertz CT molecular complexity index is 931. The van der Waals surface area contributed by atoms with Gasteiger partial charge < -0.3 is 49.2 Å². The third-order valence-electron chi connectivity index (χ3n) is 8.27. The smallest absolute Gasteiger partial charge is 0.337 e. The van der Waals surface area contributed by atoms with Crippen molar-refractivity contribution in [1.82, 2.24) is 0 Å². The van der Waals surface area contributed by atoms with Crippen LogP contribution in [0.1, 0.15) is 33.6 Å². The van der Waals surface area contributed by atoms with E-state index in [0.717, 1.165) is 6.26 Å². The molecule has 38 heavy (non-hydrogen) atoms. The summed E-state index contributed by atoms with van der Waals surface area (Å²) in [5.74, 6) is -2.37. The molecule has 0 aromatic heterocycles. The fourth-order valence-electron chi connectivity index (χ4n) is 6.08. The normalized spacial score (nSPS) is 45.5. The first-order valence-corrected chi connectivity index (χ1v) is 13.1. The van der Waals surface area contributed by atoms with Gasteiger partial charge in [0.25, 0.3) is 0 Å². The van der Waals surface area contributed by atoms with Crippen molar-refractivity contribution in [3.63, 3.8) is 0 Å². The summed E-state index contributed by atoms with van der Waals surface area (Å²) in [7, 11) is 0. The summed E-state index contributed by atoms with van der Waals surface area (Å²) in [5.41, 5.74) is 0.439. The Balaban J connectivity index is 1.56. The van der Waals surface area contributed by atoms with Gasteiger partial charge in [0.2, 0.25) is 6.29 Å². The second-order valence-corrected chi connectivity index (χ2v) is 10.7. The fraction of sp³-hybridized carbons (Fsp3) is 0.769. The first-order valence-electron chi connectivity index (χ1n) is 13.1. The maximum absolute atomic E-state index is 13.1. The summed E-state index contributed by atoms with van der Waals surface area (Å²) in [5, 5.41) is 50.6. The molecule has 0 aromatic rings. The molecule has 0 radical (unpaired) electrons. The van der Waals surface area contributed by atoms with E-state index in [1.54, 1.807) is 13.0 Å². The lowest BCUT2D eigenvalue weighted by molar-refractivity contribution is -0.327. The van der Waals surface area contributed by atoms with Crippen molar-refractivity contribution in [3.8, 4) is 0 Å². The van der Waals surface area contributed by atoms with E-state index < -0.39 is 67.6 Å². The molecule has 0 aromatic carbocycles. The average molecular weight is 543 g/mol. The molecule has 1 unspecified atom stereocenters. The van der Waals surface area contributed by atoms with Gasteiger partial charge in [-0.1, -0.05) is 19.9 Å². The van der Waals surface area contributed by atoms with Gasteiger partial charge in [-0.05, 0) is 31.1 Å². The molecular weight excluding hydrogens is 504 g/mol. The van der Waals surface area contributed by atoms with E-state index in [-0.39, 0.29) is 48.9 Å². The molecule has 3 fully saturated rings. The third-order valence-corrected chi connectivity index (χ3v) is 8.27. The number of allylic oxidation sites excluding steroid dienone is 1. The number of aliphatic hydroxyl groups excluding tert-OH is 5. The predicted molar refractivity (Wildman–Crippen MR) is 128 cm³/mol. The summed E-state index contributed by atoms with van der Waals surface area (Å²) in [6, 6.07) is 0. The number of hydrogen-bond donors (Lipinski definition) is 5. The molecule has 1 saturated carbocycles. The van der Waals surface area contributed by atoms with E-state index >= 15 is 0 Å². The van der Waals surface area contributed by atoms with Crippen molar-refractivity contribution in [2.75, 3.05) is 19.8 Å². The van der Waals surface area contributed by atoms with E-state index in [0.29, 0.717) is 12.0 Å². The van der Waals surface area contributed by atoms with Crippen molar-refractivity contribution in [2.24, 2.45) is 29.6 Å². The van der Waals surface area contributed by atoms with Crippen LogP contribution in [0.4, 0.5) is 0 Å². The molecule has 2 saturated heterocycles. The Kier molecular flexibility index (Phi) is 9.13. The van der Waals surface area contributed by atoms with Gasteiger partial charge in [-0.2, -0.15) is 0 Å². The molecule has 12 atom stereocenters. The third kappa shape index (κ3) is 5.62. The standard InChI is InChI=1S/C26H38O12/c1-4-13-14-6-19(29)34-9-15-11(2)5-17(28)20(15)12(3)8-35-24(33)16(14)10-36-25(13)38-26-23(32)22(31)21(30)18(7-27)37-26/h4,10-12,14-15,17-18,20-23,25-28,30-32H,5-9H2,1-3H3/b13-4+/t11-,12-,14-,15+,17-,18+,20?,21+,22-,23+,25-,26-/m0/s1. The first kappa shape index (κ1) is 28.9. The first-order chi connectivity index (χ1) is 18.1. The average Bonchev–Trinajstić information content (AvgIpc) is 3.18. The predicted octanol–water partition coefficient (Wildman–Crippen LogP) is -0.635. The van der Waals surface area contributed by atoms with Crippen LogP contribution in [0.5, 0.6) is 0 Å². The van der Waals surface area contributed by atoms with Gasteiger partial charge >= 0.3 is 11.9 Å². The molecule has 3 heterocycles. The number of ether oxygens (including phenoxy) is 5. The monoisotopic (exact) mass is 542 g/mol. The largest absolute Gasteiger partial charge is 0.468 e. The molecule has 5 N–H and O–H groups in total. The summed E-state index contributed by atoms with van der Waals surface area (Å²) >= 11 is 0. The van der Waals surface area contributed by atoms with Crippen LogP contribution in [0.3, 0.4) is 0 Å². The van der Waals surface area contributed by atoms with Crippen molar-refractivity contribution in [3.05, 3.63) is 23.5 Å². The molecule has 214 valence electrons. The molecule has 4 aliphatic rings. The quantitative estimate of drug-likeness (QED) is 0.225. The zero-order chi connectivity index (χ0) is 27.7. The highest BCUT2D eigenvalue weighted by atomic mass is 16.8. The maximum Gasteiger partial charge on any atom is 0.337 e. The number of aliphatic hydroxyl groups is 5. The maximum atomic E-state index is 13.1. The Morgan fingerprint density at radius 2 is 1.76 bits per heavy atom. The Morgan fingerprint density at radius 3 is 2.45 bits per heavy atom. The number of carbonyl (C=O) groups excluding carboxylic acids is 2. The Hall–Kier alpha value is -2.06. The number of carbonyl (C=O) groups is 2. The summed E-state index contributed by atoms with van der Waals surface area (Å²) in [6.07, 6.45) is -6.25. The van der Waals surface area contributed by atoms with E-state index in [2.05, 4.69) is 0 Å². The number of esters is 2. The van der Waals surface area contributed by atoms with Crippen LogP contribution >= 0.6 is 0 Å². The Labute approximate surface area is 220 Å². The van der Waals surface area contributed by atoms with E-state index in [1.807, 2.05) is 13.8 Å². The fourth-order valence-corrected chi connectivity index (χ4v) is 6.08. The van der Waals surface area contributed by atoms with Gasteiger partial charge in [0.1, 0.15) is 24.4 Å². The minimum Gasteiger partial charge on any atom is -0.468 e. The zero-order valence-electron chi connectivity index (χ0n) is 21.7. The van der Waals surface area contributed by atoms with Crippen molar-refractivity contribution in [1.29, 1.82) is 0 Å². The lowest BCUT2D eigenvalue weighted by Crippen LogP contribution is -2.60. The van der Waals surface area contributed by atoms with Crippen molar-refractivity contribution < 1.29 is 58.8 Å². The summed E-state index contributed by atoms with van der Waals surface area (Å²) < 4.78 is 28.1. The second-order valence-electron chi connectivity index (χ2n) is 10.7. The highest BCUT2D eigenvalue weighted by Gasteiger charge is 2.48. The molecule has 12 heteroatoms. The van der Waals surface area contributed by atoms with Crippen LogP contribution in [-0.4, -0.2) is 100 Å². The van der Waals surface area contributed by atoms with Crippen LogP contribution in [0.15, 0.2) is 23.5 Å². The molecule has 4 rings (SSSR count). The van der Waals surface area contributed by atoms with Crippen LogP contribution in [0, 0.1) is 29.6 Å². The van der Waals surface area contributed by atoms with E-state index in [1.165, 1.54) is 0 Å². The SMILES string of the molecule is C/C=C1/[C@H](O[C@@H]2O[C@H](CO)[C@@H](O)[C@H](O)[C@H]2O)OC=C2C(=O)OC[C@H](C)C3[C@@H](O)C[C@H](C)[C@H]3COC(=O)C[C@H]21. The number of fused-ring (bicyclic) bond motifs is 2. The van der Waals surface area contributed by atoms with Gasteiger partial charge in [-0.15, -0.1) is 0 Å². The van der Waals surface area contributed by atoms with Crippen molar-refractivity contribution >= 4 is 11.9 Å². The number of hydrogen-bond acceptors (Lipinski definition) is 12. The second kappa shape index (κ2) is 12.0. The van der Waals surface area contributed by atoms with Gasteiger partial charge in [0.05, 0.1) is 44.2 Å². The molecule has 0 spiro atoms. The van der Waals surface area contributed by atoms with E-state index in [4.69, 9.17) is 23.7 Å². The number of cyclic esters (lactones) is 2. The Morgan fingerprint density at radius 1 is 1.03 bits per heavy atom. The highest BCUT2D eigenvalue weighted by molar-refractivity contribution is 5.91. The van der Waals surface area contributed by atoms with Gasteiger partial charge in [0, 0.05) is 17.4 Å². The van der Waals surface area contributed by atoms with E-state index in [9.17, 15) is 35.1 Å². The van der Waals surface area contributed by atoms with Crippen LogP contribution in [-0.2, 0) is 33.3 Å². The highest BCUT2D eigenvalue weighted by Crippen LogP contribution is 2.43. The minimum atomic E-state index is -1.66.